The molecule has 0 saturated heterocycles. The lowest BCUT2D eigenvalue weighted by molar-refractivity contribution is 0.372. The lowest BCUT2D eigenvalue weighted by atomic mass is 9.96. The van der Waals surface area contributed by atoms with Gasteiger partial charge < -0.3 is 9.09 Å². The first kappa shape index (κ1) is 12.1. The zero-order valence-electron chi connectivity index (χ0n) is 10.3. The third kappa shape index (κ3) is 2.85. The molecule has 0 aromatic carbocycles. The molecule has 0 aliphatic heterocycles. The summed E-state index contributed by atoms with van der Waals surface area (Å²) in [7, 11) is 1.90. The van der Waals surface area contributed by atoms with Crippen LogP contribution >= 0.6 is 11.8 Å². The highest BCUT2D eigenvalue weighted by Gasteiger charge is 2.21. The van der Waals surface area contributed by atoms with Gasteiger partial charge in [-0.3, -0.25) is 0 Å². The largest absolute Gasteiger partial charge is 0.338 e. The summed E-state index contributed by atoms with van der Waals surface area (Å²) in [6, 6.07) is 0. The zero-order chi connectivity index (χ0) is 12.5. The Kier molecular flexibility index (Phi) is 3.19. The molecule has 7 heteroatoms. The minimum atomic E-state index is -0.0861. The van der Waals surface area contributed by atoms with Crippen molar-refractivity contribution in [1.29, 1.82) is 0 Å². The van der Waals surface area contributed by atoms with Crippen molar-refractivity contribution in [1.82, 2.24) is 24.9 Å². The maximum Gasteiger partial charge on any atom is 0.237 e. The van der Waals surface area contributed by atoms with Gasteiger partial charge in [-0.2, -0.15) is 4.98 Å². The number of rotatable bonds is 3. The first-order valence-corrected chi connectivity index (χ1v) is 6.25. The first-order valence-electron chi connectivity index (χ1n) is 5.26. The molecule has 2 aromatic heterocycles. The van der Waals surface area contributed by atoms with Crippen LogP contribution in [0.2, 0.25) is 0 Å². The molecule has 17 heavy (non-hydrogen) atoms. The van der Waals surface area contributed by atoms with Crippen molar-refractivity contribution in [3.63, 3.8) is 0 Å². The van der Waals surface area contributed by atoms with Gasteiger partial charge in [0, 0.05) is 12.5 Å². The van der Waals surface area contributed by atoms with E-state index >= 15 is 0 Å². The molecule has 2 heterocycles. The molecule has 0 spiro atoms. The standard InChI is InChI=1S/C10H15N5OS/c1-10(2,3)8-12-7(16-14-8)5-17-9-13-11-6-15(9)4/h6H,5H2,1-4H3. The van der Waals surface area contributed by atoms with Crippen molar-refractivity contribution in [2.24, 2.45) is 7.05 Å². The van der Waals surface area contributed by atoms with Crippen LogP contribution in [0.15, 0.2) is 16.0 Å². The Morgan fingerprint density at radius 2 is 2.18 bits per heavy atom. The molecule has 0 N–H and O–H groups in total. The van der Waals surface area contributed by atoms with E-state index < -0.39 is 0 Å². The van der Waals surface area contributed by atoms with Crippen LogP contribution < -0.4 is 0 Å². The summed E-state index contributed by atoms with van der Waals surface area (Å²) in [6.45, 7) is 6.16. The van der Waals surface area contributed by atoms with Crippen LogP contribution in [0.1, 0.15) is 32.5 Å². The van der Waals surface area contributed by atoms with E-state index in [1.54, 1.807) is 6.33 Å². The number of aromatic nitrogens is 5. The lowest BCUT2D eigenvalue weighted by Crippen LogP contribution is -2.13. The van der Waals surface area contributed by atoms with Gasteiger partial charge in [-0.1, -0.05) is 37.7 Å². The van der Waals surface area contributed by atoms with Crippen LogP contribution in [-0.2, 0) is 18.2 Å². The molecule has 0 aliphatic carbocycles. The topological polar surface area (TPSA) is 69.6 Å². The van der Waals surface area contributed by atoms with E-state index in [-0.39, 0.29) is 5.41 Å². The van der Waals surface area contributed by atoms with Gasteiger partial charge in [0.2, 0.25) is 5.89 Å². The highest BCUT2D eigenvalue weighted by Crippen LogP contribution is 2.22. The minimum Gasteiger partial charge on any atom is -0.338 e. The molecule has 0 amide bonds. The molecular formula is C10H15N5OS. The van der Waals surface area contributed by atoms with Crippen molar-refractivity contribution in [3.8, 4) is 0 Å². The van der Waals surface area contributed by atoms with Gasteiger partial charge in [-0.25, -0.2) is 0 Å². The van der Waals surface area contributed by atoms with Crippen molar-refractivity contribution in [3.05, 3.63) is 18.0 Å². The fourth-order valence-electron chi connectivity index (χ4n) is 1.15. The first-order chi connectivity index (χ1) is 7.97. The Labute approximate surface area is 104 Å². The van der Waals surface area contributed by atoms with Crippen molar-refractivity contribution in [2.45, 2.75) is 37.1 Å². The van der Waals surface area contributed by atoms with Gasteiger partial charge in [-0.05, 0) is 0 Å². The normalized spacial score (nSPS) is 12.0. The maximum atomic E-state index is 5.19. The van der Waals surface area contributed by atoms with Crippen LogP contribution in [0.5, 0.6) is 0 Å². The number of nitrogens with zero attached hydrogens (tertiary/aromatic N) is 5. The van der Waals surface area contributed by atoms with E-state index in [2.05, 4.69) is 41.1 Å². The summed E-state index contributed by atoms with van der Waals surface area (Å²) >= 11 is 1.52. The SMILES string of the molecule is Cn1cnnc1SCc1nc(C(C)(C)C)no1. The van der Waals surface area contributed by atoms with Crippen molar-refractivity contribution < 1.29 is 4.52 Å². The van der Waals surface area contributed by atoms with Gasteiger partial charge in [0.25, 0.3) is 0 Å². The van der Waals surface area contributed by atoms with Crippen LogP contribution in [0.3, 0.4) is 0 Å². The van der Waals surface area contributed by atoms with Gasteiger partial charge in [0.05, 0.1) is 5.75 Å². The van der Waals surface area contributed by atoms with Crippen LogP contribution in [-0.4, -0.2) is 24.9 Å². The summed E-state index contributed by atoms with van der Waals surface area (Å²) in [6.07, 6.45) is 1.66. The summed E-state index contributed by atoms with van der Waals surface area (Å²) < 4.78 is 7.04. The van der Waals surface area contributed by atoms with E-state index in [4.69, 9.17) is 4.52 Å². The molecular weight excluding hydrogens is 238 g/mol. The molecule has 0 fully saturated rings. The fraction of sp³-hybridized carbons (Fsp3) is 0.600. The monoisotopic (exact) mass is 253 g/mol. The second-order valence-corrected chi connectivity index (χ2v) is 5.72. The van der Waals surface area contributed by atoms with E-state index in [1.165, 1.54) is 11.8 Å². The predicted octanol–water partition coefficient (Wildman–Crippen LogP) is 1.79. The van der Waals surface area contributed by atoms with Crippen LogP contribution in [0.25, 0.3) is 0 Å². The molecule has 2 rings (SSSR count). The molecule has 2 aromatic rings. The minimum absolute atomic E-state index is 0.0861. The molecule has 0 aliphatic rings. The Balaban J connectivity index is 2.01. The Hall–Kier alpha value is -1.37. The summed E-state index contributed by atoms with van der Waals surface area (Å²) in [5, 5.41) is 12.6. The lowest BCUT2D eigenvalue weighted by Gasteiger charge is -2.10. The molecule has 0 unspecified atom stereocenters. The number of hydrogen-bond donors (Lipinski definition) is 0. The van der Waals surface area contributed by atoms with Crippen LogP contribution in [0, 0.1) is 0 Å². The van der Waals surface area contributed by atoms with E-state index in [0.717, 1.165) is 11.0 Å². The average Bonchev–Trinajstić information content (AvgIpc) is 2.82. The summed E-state index contributed by atoms with van der Waals surface area (Å²) in [4.78, 5) is 4.35. The molecule has 0 radical (unpaired) electrons. The third-order valence-corrected chi connectivity index (χ3v) is 3.15. The number of thioether (sulfide) groups is 1. The van der Waals surface area contributed by atoms with Gasteiger partial charge in [0.1, 0.15) is 6.33 Å². The molecule has 0 atom stereocenters. The third-order valence-electron chi connectivity index (χ3n) is 2.13. The highest BCUT2D eigenvalue weighted by molar-refractivity contribution is 7.98. The zero-order valence-corrected chi connectivity index (χ0v) is 11.2. The number of hydrogen-bond acceptors (Lipinski definition) is 6. The fourth-order valence-corrected chi connectivity index (χ4v) is 1.87. The second kappa shape index (κ2) is 4.48. The van der Waals surface area contributed by atoms with E-state index in [0.29, 0.717) is 11.6 Å². The van der Waals surface area contributed by atoms with Crippen molar-refractivity contribution >= 4 is 11.8 Å². The van der Waals surface area contributed by atoms with E-state index in [1.807, 2.05) is 11.6 Å². The molecule has 0 bridgehead atoms. The Bertz CT molecular complexity index is 499. The average molecular weight is 253 g/mol. The van der Waals surface area contributed by atoms with Gasteiger partial charge in [-0.15, -0.1) is 10.2 Å². The highest BCUT2D eigenvalue weighted by atomic mass is 32.2. The molecule has 92 valence electrons. The van der Waals surface area contributed by atoms with Gasteiger partial charge in [0.15, 0.2) is 11.0 Å². The molecule has 6 nitrogen and oxygen atoms in total. The summed E-state index contributed by atoms with van der Waals surface area (Å²) in [5.74, 6) is 1.95. The number of aryl methyl sites for hydroxylation is 1. The summed E-state index contributed by atoms with van der Waals surface area (Å²) in [5.41, 5.74) is -0.0861. The maximum absolute atomic E-state index is 5.19. The Morgan fingerprint density at radius 3 is 2.71 bits per heavy atom. The predicted molar refractivity (Wildman–Crippen MR) is 63.6 cm³/mol. The van der Waals surface area contributed by atoms with Crippen molar-refractivity contribution in [2.75, 3.05) is 0 Å². The van der Waals surface area contributed by atoms with E-state index in [9.17, 15) is 0 Å². The Morgan fingerprint density at radius 1 is 1.41 bits per heavy atom. The van der Waals surface area contributed by atoms with Crippen LogP contribution in [0.4, 0.5) is 0 Å². The second-order valence-electron chi connectivity index (χ2n) is 4.77. The smallest absolute Gasteiger partial charge is 0.237 e. The van der Waals surface area contributed by atoms with Gasteiger partial charge >= 0.3 is 0 Å². The quantitative estimate of drug-likeness (QED) is 0.777. The molecule has 0 saturated carbocycles.